The molecule has 0 radical (unpaired) electrons. The van der Waals surface area contributed by atoms with Crippen LogP contribution in [0.4, 0.5) is 8.78 Å². The minimum atomic E-state index is -1.66. The third-order valence-electron chi connectivity index (χ3n) is 8.16. The highest BCUT2D eigenvalue weighted by molar-refractivity contribution is 6.31. The van der Waals surface area contributed by atoms with Crippen LogP contribution < -0.4 is 10.1 Å². The summed E-state index contributed by atoms with van der Waals surface area (Å²) in [6, 6.07) is 14.2. The van der Waals surface area contributed by atoms with Crippen LogP contribution in [0.25, 0.3) is 0 Å². The molecule has 0 bridgehead atoms. The summed E-state index contributed by atoms with van der Waals surface area (Å²) in [5.41, 5.74) is 2.05. The fraction of sp³-hybridized carbons (Fsp3) is 0.562. The molecule has 4 rings (SSSR count). The molecule has 2 heterocycles. The van der Waals surface area contributed by atoms with E-state index in [4.69, 9.17) is 26.3 Å². The number of nitriles is 1. The Labute approximate surface area is 256 Å². The Balaban J connectivity index is 1.24. The number of ether oxygens (including phenoxy) is 2. The van der Waals surface area contributed by atoms with E-state index in [0.717, 1.165) is 24.0 Å². The molecule has 43 heavy (non-hydrogen) atoms. The molecule has 234 valence electrons. The molecule has 7 atom stereocenters. The number of amides is 1. The van der Waals surface area contributed by atoms with E-state index in [1.165, 1.54) is 11.8 Å². The molecule has 11 heteroatoms. The number of nitrogens with one attached hydrogen (secondary N) is 1. The lowest BCUT2D eigenvalue weighted by molar-refractivity contribution is -0.201. The van der Waals surface area contributed by atoms with Crippen LogP contribution in [0, 0.1) is 11.3 Å². The Bertz CT molecular complexity index is 1290. The maximum Gasteiger partial charge on any atom is 0.237 e. The Kier molecular flexibility index (Phi) is 11.0. The molecule has 2 aromatic rings. The van der Waals surface area contributed by atoms with Crippen molar-refractivity contribution in [3.63, 3.8) is 0 Å². The van der Waals surface area contributed by atoms with Gasteiger partial charge < -0.3 is 29.9 Å². The third-order valence-corrected chi connectivity index (χ3v) is 8.53. The Hall–Kier alpha value is -2.81. The van der Waals surface area contributed by atoms with Gasteiger partial charge in [0, 0.05) is 17.0 Å². The number of halogens is 3. The number of alkyl halides is 2. The maximum absolute atomic E-state index is 14.1. The van der Waals surface area contributed by atoms with Gasteiger partial charge in [0.25, 0.3) is 0 Å². The number of benzene rings is 2. The van der Waals surface area contributed by atoms with Crippen molar-refractivity contribution in [1.82, 2.24) is 10.2 Å². The molecular weight excluding hydrogens is 580 g/mol. The first kappa shape index (κ1) is 33.1. The van der Waals surface area contributed by atoms with Crippen molar-refractivity contribution in [3.8, 4) is 11.8 Å². The lowest BCUT2D eigenvalue weighted by Gasteiger charge is -2.38. The van der Waals surface area contributed by atoms with Crippen molar-refractivity contribution in [3.05, 3.63) is 64.2 Å². The maximum atomic E-state index is 14.1. The highest BCUT2D eigenvalue weighted by atomic mass is 35.5. The molecule has 1 amide bonds. The Morgan fingerprint density at radius 1 is 1.21 bits per heavy atom. The van der Waals surface area contributed by atoms with Crippen LogP contribution in [-0.4, -0.2) is 83.0 Å². The smallest absolute Gasteiger partial charge is 0.237 e. The summed E-state index contributed by atoms with van der Waals surface area (Å²) in [5.74, 6) is 0.441. The highest BCUT2D eigenvalue weighted by Gasteiger charge is 2.43. The summed E-state index contributed by atoms with van der Waals surface area (Å²) in [5, 5.41) is 33.4. The van der Waals surface area contributed by atoms with Crippen LogP contribution >= 0.6 is 11.6 Å². The summed E-state index contributed by atoms with van der Waals surface area (Å²) in [6.07, 6.45) is -5.40. The van der Waals surface area contributed by atoms with Crippen LogP contribution in [-0.2, 0) is 16.0 Å². The molecule has 0 aliphatic carbocycles. The lowest BCUT2D eigenvalue weighted by Crippen LogP contribution is -2.51. The van der Waals surface area contributed by atoms with E-state index in [0.29, 0.717) is 29.4 Å². The third kappa shape index (κ3) is 8.43. The highest BCUT2D eigenvalue weighted by Crippen LogP contribution is 2.35. The van der Waals surface area contributed by atoms with E-state index in [2.05, 4.69) is 5.32 Å². The molecule has 2 saturated heterocycles. The lowest BCUT2D eigenvalue weighted by atomic mass is 9.91. The van der Waals surface area contributed by atoms with Gasteiger partial charge in [-0.15, -0.1) is 0 Å². The Morgan fingerprint density at radius 2 is 1.93 bits per heavy atom. The first-order chi connectivity index (χ1) is 20.4. The Morgan fingerprint density at radius 3 is 2.63 bits per heavy atom. The van der Waals surface area contributed by atoms with E-state index in [9.17, 15) is 23.8 Å². The molecule has 2 fully saturated rings. The van der Waals surface area contributed by atoms with E-state index < -0.39 is 42.8 Å². The fourth-order valence-corrected chi connectivity index (χ4v) is 5.71. The average molecular weight is 620 g/mol. The van der Waals surface area contributed by atoms with E-state index in [1.807, 2.05) is 50.2 Å². The second-order valence-corrected chi connectivity index (χ2v) is 12.5. The average Bonchev–Trinajstić information content (AvgIpc) is 3.37. The summed E-state index contributed by atoms with van der Waals surface area (Å²) in [6.45, 7) is 5.99. The van der Waals surface area contributed by atoms with Crippen LogP contribution in [0.1, 0.15) is 62.8 Å². The largest absolute Gasteiger partial charge is 0.494 e. The monoisotopic (exact) mass is 619 g/mol. The summed E-state index contributed by atoms with van der Waals surface area (Å²) in [7, 11) is 0. The number of aliphatic hydroxyl groups is 2. The second kappa shape index (κ2) is 14.3. The topological polar surface area (TPSA) is 115 Å². The van der Waals surface area contributed by atoms with Crippen molar-refractivity contribution in [2.24, 2.45) is 0 Å². The van der Waals surface area contributed by atoms with E-state index in [1.54, 1.807) is 12.1 Å². The summed E-state index contributed by atoms with van der Waals surface area (Å²) in [4.78, 5) is 13.8. The first-order valence-corrected chi connectivity index (χ1v) is 15.0. The van der Waals surface area contributed by atoms with Gasteiger partial charge >= 0.3 is 0 Å². The molecule has 0 saturated carbocycles. The van der Waals surface area contributed by atoms with Gasteiger partial charge in [-0.1, -0.05) is 35.9 Å². The second-order valence-electron chi connectivity index (χ2n) is 12.1. The van der Waals surface area contributed by atoms with Gasteiger partial charge in [0.1, 0.15) is 36.3 Å². The van der Waals surface area contributed by atoms with Crippen LogP contribution in [0.3, 0.4) is 0 Å². The zero-order chi connectivity index (χ0) is 31.3. The van der Waals surface area contributed by atoms with Crippen LogP contribution in [0.2, 0.25) is 5.02 Å². The van der Waals surface area contributed by atoms with Crippen molar-refractivity contribution in [1.29, 1.82) is 5.26 Å². The quantitative estimate of drug-likeness (QED) is 0.319. The number of rotatable bonds is 11. The molecule has 0 spiro atoms. The van der Waals surface area contributed by atoms with Crippen molar-refractivity contribution in [2.75, 3.05) is 19.7 Å². The molecule has 2 aliphatic heterocycles. The SMILES string of the molecule is C[C@H]1O[C@@H](c2ccc(Cl)c(Cc3ccc(OCCCC(C)(C)NCC(=O)N4C[C@@H](F)C[C@H]4C#N)cc3)c2)[C@H](O)[C@@H](O)[C@@H]1F. The van der Waals surface area contributed by atoms with Crippen molar-refractivity contribution < 1.29 is 33.3 Å². The van der Waals surface area contributed by atoms with Crippen molar-refractivity contribution >= 4 is 17.5 Å². The number of nitrogens with zero attached hydrogens (tertiary/aromatic N) is 2. The fourth-order valence-electron chi connectivity index (χ4n) is 5.53. The van der Waals surface area contributed by atoms with Gasteiger partial charge in [0.2, 0.25) is 5.91 Å². The van der Waals surface area contributed by atoms with Crippen molar-refractivity contribution in [2.45, 2.75) is 94.8 Å². The van der Waals surface area contributed by atoms with E-state index >= 15 is 0 Å². The molecule has 8 nitrogen and oxygen atoms in total. The van der Waals surface area contributed by atoms with Gasteiger partial charge in [-0.25, -0.2) is 8.78 Å². The standard InChI is InChI=1S/C32H40ClF2N3O5/c1-19-28(35)29(40)30(41)31(43-19)21-7-10-26(33)22(14-21)13-20-5-8-25(9-6-20)42-12-4-11-32(2,3)37-17-27(39)38-18-23(34)15-24(38)16-36/h5-10,14,19,23-24,28-31,37,40-41H,4,11-13,15,17-18H2,1-3H3/t19-,23+,24+,28-,29+,30-,31+/m1/s1. The van der Waals surface area contributed by atoms with E-state index in [-0.39, 0.29) is 31.0 Å². The zero-order valence-corrected chi connectivity index (χ0v) is 25.4. The molecular formula is C32H40ClF2N3O5. The number of carbonyl (C=O) groups is 1. The predicted octanol–water partition coefficient (Wildman–Crippen LogP) is 4.44. The first-order valence-electron chi connectivity index (χ1n) is 14.6. The number of hydrogen-bond acceptors (Lipinski definition) is 7. The van der Waals surface area contributed by atoms with Crippen LogP contribution in [0.15, 0.2) is 42.5 Å². The number of aliphatic hydroxyl groups excluding tert-OH is 2. The summed E-state index contributed by atoms with van der Waals surface area (Å²) >= 11 is 6.45. The number of likely N-dealkylation sites (tertiary alicyclic amines) is 1. The number of carbonyl (C=O) groups excluding carboxylic acids is 1. The minimum Gasteiger partial charge on any atom is -0.494 e. The molecule has 0 unspecified atom stereocenters. The number of hydrogen-bond donors (Lipinski definition) is 3. The van der Waals surface area contributed by atoms with Gasteiger partial charge in [-0.2, -0.15) is 5.26 Å². The van der Waals surface area contributed by atoms with Crippen LogP contribution in [0.5, 0.6) is 5.75 Å². The zero-order valence-electron chi connectivity index (χ0n) is 24.7. The molecule has 2 aliphatic rings. The van der Waals surface area contributed by atoms with Gasteiger partial charge in [-0.05, 0) is 74.9 Å². The van der Waals surface area contributed by atoms with Gasteiger partial charge in [0.15, 0.2) is 6.17 Å². The molecule has 3 N–H and O–H groups in total. The van der Waals surface area contributed by atoms with Gasteiger partial charge in [-0.3, -0.25) is 4.79 Å². The molecule has 0 aromatic heterocycles. The van der Waals surface area contributed by atoms with Gasteiger partial charge in [0.05, 0.1) is 31.9 Å². The summed E-state index contributed by atoms with van der Waals surface area (Å²) < 4.78 is 39.3. The molecule has 2 aromatic carbocycles. The predicted molar refractivity (Wildman–Crippen MR) is 158 cm³/mol. The minimum absolute atomic E-state index is 0.0307. The normalized spacial score (nSPS) is 27.6.